The van der Waals surface area contributed by atoms with E-state index in [1.165, 1.54) is 103 Å². The molecule has 3 nitrogen and oxygen atoms in total. The lowest BCUT2D eigenvalue weighted by molar-refractivity contribution is 0.320. The molecule has 58 heavy (non-hydrogen) atoms. The molecule has 0 N–H and O–H groups in total. The third-order valence-electron chi connectivity index (χ3n) is 14.0. The van der Waals surface area contributed by atoms with Gasteiger partial charge in [0.15, 0.2) is 0 Å². The van der Waals surface area contributed by atoms with Gasteiger partial charge in [-0.1, -0.05) is 117 Å². The van der Waals surface area contributed by atoms with Crippen LogP contribution in [0.2, 0.25) is 0 Å². The van der Waals surface area contributed by atoms with E-state index >= 15 is 0 Å². The zero-order valence-electron chi connectivity index (χ0n) is 33.1. The Morgan fingerprint density at radius 1 is 0.431 bits per heavy atom. The number of anilines is 6. The summed E-state index contributed by atoms with van der Waals surface area (Å²) in [7, 11) is 0. The van der Waals surface area contributed by atoms with Gasteiger partial charge in [0, 0.05) is 50.3 Å². The molecule has 3 fully saturated rings. The summed E-state index contributed by atoms with van der Waals surface area (Å²) in [5.74, 6) is 2.11. The monoisotopic (exact) mass is 754 g/mol. The van der Waals surface area contributed by atoms with Crippen molar-refractivity contribution in [1.82, 2.24) is 0 Å². The van der Waals surface area contributed by atoms with Gasteiger partial charge in [0.2, 0.25) is 0 Å². The maximum atomic E-state index is 6.28. The van der Waals surface area contributed by atoms with Crippen LogP contribution in [0.3, 0.4) is 0 Å². The Hall–Kier alpha value is -6.06. The molecule has 2 bridgehead atoms. The molecule has 0 saturated heterocycles. The van der Waals surface area contributed by atoms with Gasteiger partial charge in [0.25, 0.3) is 0 Å². The summed E-state index contributed by atoms with van der Waals surface area (Å²) < 4.78 is 6.28. The number of benzene rings is 7. The first-order valence-electron chi connectivity index (χ1n) is 21.6. The van der Waals surface area contributed by atoms with Crippen LogP contribution < -0.4 is 9.80 Å². The van der Waals surface area contributed by atoms with Crippen molar-refractivity contribution < 1.29 is 4.42 Å². The van der Waals surface area contributed by atoms with E-state index in [1.54, 1.807) is 0 Å². The number of para-hydroxylation sites is 3. The Morgan fingerprint density at radius 2 is 0.948 bits per heavy atom. The molecule has 8 aromatic rings. The molecule has 3 aliphatic rings. The number of nitrogens with zero attached hydrogens (tertiary/aromatic N) is 2. The number of rotatable bonds is 9. The third-order valence-corrected chi connectivity index (χ3v) is 14.0. The summed E-state index contributed by atoms with van der Waals surface area (Å²) >= 11 is 0. The normalized spacial score (nSPS) is 20.5. The molecular formula is C55H50N2O. The SMILES string of the molecule is c1ccc(N(c2ccccc2)c2ccc(C3(c4ccc(N(c5ccc(C6CCCCC6)cc5)c5ccc6oc7ccccc7c6c5)cc4)CC4CCC3C4)cc2)cc1. The Kier molecular flexibility index (Phi) is 8.91. The number of furan rings is 1. The zero-order chi connectivity index (χ0) is 38.5. The minimum atomic E-state index is 0.00535. The van der Waals surface area contributed by atoms with Gasteiger partial charge in [-0.05, 0) is 151 Å². The highest BCUT2D eigenvalue weighted by Crippen LogP contribution is 2.60. The zero-order valence-corrected chi connectivity index (χ0v) is 33.1. The molecule has 3 atom stereocenters. The van der Waals surface area contributed by atoms with Crippen LogP contribution in [0.25, 0.3) is 21.9 Å². The van der Waals surface area contributed by atoms with E-state index in [4.69, 9.17) is 4.42 Å². The first-order chi connectivity index (χ1) is 28.7. The molecule has 0 amide bonds. The van der Waals surface area contributed by atoms with Crippen LogP contribution in [0.1, 0.15) is 80.4 Å². The van der Waals surface area contributed by atoms with Gasteiger partial charge in [0.05, 0.1) is 0 Å². The lowest BCUT2D eigenvalue weighted by Gasteiger charge is -2.40. The Balaban J connectivity index is 0.979. The highest BCUT2D eigenvalue weighted by Gasteiger charge is 2.52. The average Bonchev–Trinajstić information content (AvgIpc) is 4.03. The van der Waals surface area contributed by atoms with Crippen LogP contribution in [-0.4, -0.2) is 0 Å². The number of hydrogen-bond donors (Lipinski definition) is 0. The van der Waals surface area contributed by atoms with Crippen molar-refractivity contribution in [3.05, 3.63) is 193 Å². The largest absolute Gasteiger partial charge is 0.456 e. The predicted molar refractivity (Wildman–Crippen MR) is 242 cm³/mol. The van der Waals surface area contributed by atoms with Crippen molar-refractivity contribution in [1.29, 1.82) is 0 Å². The van der Waals surface area contributed by atoms with Gasteiger partial charge in [-0.3, -0.25) is 0 Å². The third kappa shape index (κ3) is 6.11. The van der Waals surface area contributed by atoms with Crippen molar-refractivity contribution in [2.24, 2.45) is 11.8 Å². The summed E-state index contributed by atoms with van der Waals surface area (Å²) in [6, 6.07) is 65.3. The maximum absolute atomic E-state index is 6.28. The maximum Gasteiger partial charge on any atom is 0.135 e. The molecule has 0 aliphatic heterocycles. The molecule has 0 spiro atoms. The van der Waals surface area contributed by atoms with Crippen molar-refractivity contribution in [2.45, 2.75) is 69.1 Å². The van der Waals surface area contributed by atoms with Gasteiger partial charge >= 0.3 is 0 Å². The Morgan fingerprint density at radius 3 is 1.53 bits per heavy atom. The van der Waals surface area contributed by atoms with Gasteiger partial charge in [-0.25, -0.2) is 0 Å². The van der Waals surface area contributed by atoms with Crippen LogP contribution in [0, 0.1) is 11.8 Å². The van der Waals surface area contributed by atoms with Gasteiger partial charge in [0.1, 0.15) is 11.2 Å². The quantitative estimate of drug-likeness (QED) is 0.146. The van der Waals surface area contributed by atoms with Crippen molar-refractivity contribution >= 4 is 56.1 Å². The molecule has 3 aliphatic carbocycles. The van der Waals surface area contributed by atoms with Crippen LogP contribution >= 0.6 is 0 Å². The minimum Gasteiger partial charge on any atom is -0.456 e. The van der Waals surface area contributed by atoms with E-state index in [0.717, 1.165) is 33.5 Å². The van der Waals surface area contributed by atoms with Crippen molar-refractivity contribution in [3.8, 4) is 0 Å². The van der Waals surface area contributed by atoms with Gasteiger partial charge in [-0.15, -0.1) is 0 Å². The van der Waals surface area contributed by atoms with Crippen molar-refractivity contribution in [3.63, 3.8) is 0 Å². The molecule has 3 heteroatoms. The van der Waals surface area contributed by atoms with Crippen LogP contribution in [0.5, 0.6) is 0 Å². The first kappa shape index (κ1) is 35.1. The molecule has 3 unspecified atom stereocenters. The van der Waals surface area contributed by atoms with Gasteiger partial charge in [-0.2, -0.15) is 0 Å². The van der Waals surface area contributed by atoms with Crippen LogP contribution in [-0.2, 0) is 5.41 Å². The summed E-state index contributed by atoms with van der Waals surface area (Å²) in [5, 5.41) is 2.30. The average molecular weight is 755 g/mol. The number of hydrogen-bond acceptors (Lipinski definition) is 3. The van der Waals surface area contributed by atoms with E-state index < -0.39 is 0 Å². The molecule has 3 saturated carbocycles. The first-order valence-corrected chi connectivity index (χ1v) is 21.6. The molecule has 1 heterocycles. The molecule has 7 aromatic carbocycles. The second kappa shape index (κ2) is 14.7. The molecule has 286 valence electrons. The van der Waals surface area contributed by atoms with E-state index in [9.17, 15) is 0 Å². The van der Waals surface area contributed by atoms with Crippen molar-refractivity contribution in [2.75, 3.05) is 9.80 Å². The molecule has 1 aromatic heterocycles. The summed E-state index contributed by atoms with van der Waals surface area (Å²) in [5.41, 5.74) is 13.3. The molecular weight excluding hydrogens is 705 g/mol. The Labute approximate surface area is 342 Å². The summed E-state index contributed by atoms with van der Waals surface area (Å²) in [6.07, 6.45) is 11.9. The van der Waals surface area contributed by atoms with E-state index in [2.05, 4.69) is 186 Å². The molecule has 0 radical (unpaired) electrons. The smallest absolute Gasteiger partial charge is 0.135 e. The fraction of sp³-hybridized carbons (Fsp3) is 0.236. The summed E-state index contributed by atoms with van der Waals surface area (Å²) in [6.45, 7) is 0. The lowest BCUT2D eigenvalue weighted by atomic mass is 9.64. The van der Waals surface area contributed by atoms with Gasteiger partial charge < -0.3 is 14.2 Å². The number of fused-ring (bicyclic) bond motifs is 5. The lowest BCUT2D eigenvalue weighted by Crippen LogP contribution is -2.34. The van der Waals surface area contributed by atoms with E-state index in [-0.39, 0.29) is 5.41 Å². The Bertz CT molecular complexity index is 2620. The van der Waals surface area contributed by atoms with Crippen LogP contribution in [0.15, 0.2) is 180 Å². The highest BCUT2D eigenvalue weighted by atomic mass is 16.3. The fourth-order valence-corrected chi connectivity index (χ4v) is 11.3. The fourth-order valence-electron chi connectivity index (χ4n) is 11.3. The predicted octanol–water partition coefficient (Wildman–Crippen LogP) is 15.7. The standard InChI is InChI=1S/C55H50N2O/c1-4-12-40(13-5-1)41-21-28-47(29-22-41)57(50-34-35-54-52(37-50)51-18-10-11-19-53(51)58-54)49-32-26-43(27-33-49)55(38-39-20-23-44(55)36-39)42-24-30-48(31-25-42)56(45-14-6-2-7-15-45)46-16-8-3-9-17-46/h2-3,6-11,14-19,21-22,24-35,37,39-40,44H,1,4-5,12-13,20,23,36,38H2. The topological polar surface area (TPSA) is 19.6 Å². The van der Waals surface area contributed by atoms with E-state index in [1.807, 2.05) is 0 Å². The second-order valence-corrected chi connectivity index (χ2v) is 17.2. The summed E-state index contributed by atoms with van der Waals surface area (Å²) in [4.78, 5) is 4.81. The van der Waals surface area contributed by atoms with Crippen LogP contribution in [0.4, 0.5) is 34.1 Å². The van der Waals surface area contributed by atoms with E-state index in [0.29, 0.717) is 11.8 Å². The second-order valence-electron chi connectivity index (χ2n) is 17.2. The minimum absolute atomic E-state index is 0.00535. The highest BCUT2D eigenvalue weighted by molar-refractivity contribution is 6.06. The molecule has 11 rings (SSSR count).